The third kappa shape index (κ3) is 2.63. The molecular weight excluding hydrogens is 233 g/mol. The third-order valence-corrected chi connectivity index (χ3v) is 3.34. The first-order chi connectivity index (χ1) is 8.61. The molecule has 0 unspecified atom stereocenters. The van der Waals surface area contributed by atoms with E-state index >= 15 is 0 Å². The summed E-state index contributed by atoms with van der Waals surface area (Å²) in [6, 6.07) is 4.36. The number of rotatable bonds is 2. The quantitative estimate of drug-likeness (QED) is 0.808. The Morgan fingerprint density at radius 2 is 2.28 bits per heavy atom. The maximum Gasteiger partial charge on any atom is 0.253 e. The molecule has 1 aliphatic heterocycles. The van der Waals surface area contributed by atoms with Gasteiger partial charge < -0.3 is 9.64 Å². The lowest BCUT2D eigenvalue weighted by Gasteiger charge is -2.31. The van der Waals surface area contributed by atoms with E-state index in [4.69, 9.17) is 4.74 Å². The number of benzene rings is 1. The van der Waals surface area contributed by atoms with E-state index in [1.165, 1.54) is 19.2 Å². The molecule has 1 amide bonds. The smallest absolute Gasteiger partial charge is 0.253 e. The van der Waals surface area contributed by atoms with Crippen LogP contribution in [0, 0.1) is 11.7 Å². The van der Waals surface area contributed by atoms with Crippen LogP contribution in [0.25, 0.3) is 0 Å². The molecule has 1 heterocycles. The average molecular weight is 251 g/mol. The van der Waals surface area contributed by atoms with Crippen LogP contribution in [-0.2, 0) is 0 Å². The Kier molecular flexibility index (Phi) is 3.84. The molecule has 1 aliphatic rings. The number of halogens is 1. The Bertz CT molecular complexity index is 447. The minimum absolute atomic E-state index is 0.0943. The van der Waals surface area contributed by atoms with Gasteiger partial charge in [0.05, 0.1) is 7.11 Å². The number of methoxy groups -OCH3 is 1. The minimum atomic E-state index is -0.492. The number of hydrogen-bond acceptors (Lipinski definition) is 2. The number of ether oxygens (including phenoxy) is 1. The van der Waals surface area contributed by atoms with Crippen molar-refractivity contribution in [2.24, 2.45) is 5.92 Å². The van der Waals surface area contributed by atoms with Crippen LogP contribution in [0.1, 0.15) is 30.1 Å². The van der Waals surface area contributed by atoms with Crippen molar-refractivity contribution in [2.75, 3.05) is 20.2 Å². The van der Waals surface area contributed by atoms with Crippen molar-refractivity contribution in [3.8, 4) is 5.75 Å². The lowest BCUT2D eigenvalue weighted by molar-refractivity contribution is 0.0682. The van der Waals surface area contributed by atoms with Crippen LogP contribution in [0.5, 0.6) is 5.75 Å². The molecule has 0 saturated carbocycles. The largest absolute Gasteiger partial charge is 0.494 e. The van der Waals surface area contributed by atoms with Crippen molar-refractivity contribution >= 4 is 5.91 Å². The van der Waals surface area contributed by atoms with Crippen molar-refractivity contribution in [3.63, 3.8) is 0 Å². The van der Waals surface area contributed by atoms with Crippen molar-refractivity contribution in [1.82, 2.24) is 4.90 Å². The van der Waals surface area contributed by atoms with Gasteiger partial charge in [0.25, 0.3) is 5.91 Å². The molecule has 0 N–H and O–H groups in total. The zero-order valence-corrected chi connectivity index (χ0v) is 10.8. The summed E-state index contributed by atoms with van der Waals surface area (Å²) in [5.74, 6) is 0.0980. The van der Waals surface area contributed by atoms with E-state index in [1.54, 1.807) is 11.0 Å². The molecule has 3 nitrogen and oxygen atoms in total. The molecule has 2 rings (SSSR count). The van der Waals surface area contributed by atoms with Crippen LogP contribution >= 0.6 is 0 Å². The second kappa shape index (κ2) is 5.38. The van der Waals surface area contributed by atoms with Gasteiger partial charge in [0, 0.05) is 18.7 Å². The maximum absolute atomic E-state index is 13.6. The standard InChI is InChI=1S/C14H18FNO2/c1-10-4-3-7-16(9-10)14(17)11-5-6-13(18-2)12(15)8-11/h5-6,8,10H,3-4,7,9H2,1-2H3/t10-/m0/s1. The SMILES string of the molecule is COc1ccc(C(=O)N2CCC[C@H](C)C2)cc1F. The van der Waals surface area contributed by atoms with Crippen LogP contribution in [0.4, 0.5) is 4.39 Å². The molecule has 18 heavy (non-hydrogen) atoms. The van der Waals surface area contributed by atoms with Gasteiger partial charge in [0.1, 0.15) is 0 Å². The van der Waals surface area contributed by atoms with Gasteiger partial charge in [-0.25, -0.2) is 4.39 Å². The number of nitrogens with zero attached hydrogens (tertiary/aromatic N) is 1. The van der Waals surface area contributed by atoms with E-state index in [-0.39, 0.29) is 11.7 Å². The van der Waals surface area contributed by atoms with E-state index in [2.05, 4.69) is 6.92 Å². The fourth-order valence-electron chi connectivity index (χ4n) is 2.36. The highest BCUT2D eigenvalue weighted by Gasteiger charge is 2.22. The second-order valence-corrected chi connectivity index (χ2v) is 4.85. The number of carbonyl (C=O) groups excluding carboxylic acids is 1. The van der Waals surface area contributed by atoms with Crippen LogP contribution in [0.3, 0.4) is 0 Å². The molecule has 0 aromatic heterocycles. The van der Waals surface area contributed by atoms with Gasteiger partial charge in [-0.05, 0) is 37.0 Å². The van der Waals surface area contributed by atoms with Crippen LogP contribution in [0.2, 0.25) is 0 Å². The summed E-state index contributed by atoms with van der Waals surface area (Å²) < 4.78 is 18.4. The highest BCUT2D eigenvalue weighted by atomic mass is 19.1. The van der Waals surface area contributed by atoms with Gasteiger partial charge in [-0.3, -0.25) is 4.79 Å². The third-order valence-electron chi connectivity index (χ3n) is 3.34. The van der Waals surface area contributed by atoms with Gasteiger partial charge in [-0.1, -0.05) is 6.92 Å². The van der Waals surface area contributed by atoms with Crippen LogP contribution in [0.15, 0.2) is 18.2 Å². The van der Waals surface area contributed by atoms with Crippen molar-refractivity contribution < 1.29 is 13.9 Å². The van der Waals surface area contributed by atoms with E-state index in [0.717, 1.165) is 25.9 Å². The van der Waals surface area contributed by atoms with E-state index in [9.17, 15) is 9.18 Å². The number of carbonyl (C=O) groups is 1. The maximum atomic E-state index is 13.6. The number of amides is 1. The van der Waals surface area contributed by atoms with E-state index in [1.807, 2.05) is 0 Å². The van der Waals surface area contributed by atoms with Gasteiger partial charge in [0.2, 0.25) is 0 Å². The van der Waals surface area contributed by atoms with Crippen molar-refractivity contribution in [2.45, 2.75) is 19.8 Å². The van der Waals surface area contributed by atoms with Gasteiger partial charge in [-0.2, -0.15) is 0 Å². The summed E-state index contributed by atoms with van der Waals surface area (Å²) in [7, 11) is 1.41. The molecular formula is C14H18FNO2. The molecule has 1 aromatic rings. The molecule has 1 fully saturated rings. The Morgan fingerprint density at radius 1 is 1.50 bits per heavy atom. The summed E-state index contributed by atoms with van der Waals surface area (Å²) in [5, 5.41) is 0. The molecule has 0 radical (unpaired) electrons. The Morgan fingerprint density at radius 3 is 2.89 bits per heavy atom. The summed E-state index contributed by atoms with van der Waals surface area (Å²) >= 11 is 0. The first-order valence-electron chi connectivity index (χ1n) is 6.24. The number of likely N-dealkylation sites (tertiary alicyclic amines) is 1. The van der Waals surface area contributed by atoms with E-state index < -0.39 is 5.82 Å². The summed E-state index contributed by atoms with van der Waals surface area (Å²) in [5.41, 5.74) is 0.391. The fourth-order valence-corrected chi connectivity index (χ4v) is 2.36. The Hall–Kier alpha value is -1.58. The molecule has 1 aromatic carbocycles. The summed E-state index contributed by atoms with van der Waals surface area (Å²) in [6.07, 6.45) is 2.17. The molecule has 98 valence electrons. The normalized spacial score (nSPS) is 19.7. The zero-order chi connectivity index (χ0) is 13.1. The number of piperidine rings is 1. The fraction of sp³-hybridized carbons (Fsp3) is 0.500. The lowest BCUT2D eigenvalue weighted by atomic mass is 9.99. The highest BCUT2D eigenvalue weighted by molar-refractivity contribution is 5.94. The molecule has 1 saturated heterocycles. The minimum Gasteiger partial charge on any atom is -0.494 e. The summed E-state index contributed by atoms with van der Waals surface area (Å²) in [4.78, 5) is 14.0. The van der Waals surface area contributed by atoms with Gasteiger partial charge in [-0.15, -0.1) is 0 Å². The van der Waals surface area contributed by atoms with Crippen molar-refractivity contribution in [3.05, 3.63) is 29.6 Å². The predicted molar refractivity (Wildman–Crippen MR) is 67.3 cm³/mol. The zero-order valence-electron chi connectivity index (χ0n) is 10.8. The number of hydrogen-bond donors (Lipinski definition) is 0. The first-order valence-corrected chi connectivity index (χ1v) is 6.24. The Balaban J connectivity index is 2.15. The predicted octanol–water partition coefficient (Wildman–Crippen LogP) is 2.71. The Labute approximate surface area is 107 Å². The molecule has 1 atom stereocenters. The van der Waals surface area contributed by atoms with Gasteiger partial charge in [0.15, 0.2) is 11.6 Å². The van der Waals surface area contributed by atoms with Crippen LogP contribution < -0.4 is 4.74 Å². The van der Waals surface area contributed by atoms with Gasteiger partial charge >= 0.3 is 0 Å². The summed E-state index contributed by atoms with van der Waals surface area (Å²) in [6.45, 7) is 3.65. The second-order valence-electron chi connectivity index (χ2n) is 4.85. The van der Waals surface area contributed by atoms with E-state index in [0.29, 0.717) is 11.5 Å². The first kappa shape index (κ1) is 12.9. The highest BCUT2D eigenvalue weighted by Crippen LogP contribution is 2.21. The average Bonchev–Trinajstić information content (AvgIpc) is 2.37. The van der Waals surface area contributed by atoms with Crippen molar-refractivity contribution in [1.29, 1.82) is 0 Å². The molecule has 4 heteroatoms. The molecule has 0 bridgehead atoms. The topological polar surface area (TPSA) is 29.5 Å². The van der Waals surface area contributed by atoms with Crippen LogP contribution in [-0.4, -0.2) is 31.0 Å². The molecule has 0 spiro atoms. The lowest BCUT2D eigenvalue weighted by Crippen LogP contribution is -2.39. The molecule has 0 aliphatic carbocycles. The monoisotopic (exact) mass is 251 g/mol.